The van der Waals surface area contributed by atoms with Crippen molar-refractivity contribution in [3.05, 3.63) is 68.7 Å². The number of amides is 1. The van der Waals surface area contributed by atoms with E-state index in [4.69, 9.17) is 11.6 Å². The molecule has 14 heteroatoms. The molecule has 0 aliphatic carbocycles. The van der Waals surface area contributed by atoms with Crippen LogP contribution in [-0.4, -0.2) is 57.8 Å². The van der Waals surface area contributed by atoms with Crippen LogP contribution in [0.25, 0.3) is 0 Å². The van der Waals surface area contributed by atoms with Gasteiger partial charge in [-0.15, -0.1) is 4.40 Å². The van der Waals surface area contributed by atoms with Crippen LogP contribution in [0.4, 0.5) is 5.69 Å². The van der Waals surface area contributed by atoms with Crippen molar-refractivity contribution in [2.75, 3.05) is 26.2 Å². The second-order valence-electron chi connectivity index (χ2n) is 6.31. The minimum Gasteiger partial charge on any atom is -0.465 e. The number of carbonyl (C=O) groups excluding carboxylic acids is 2. The number of hydrazine groups is 2. The number of benzene rings is 2. The van der Waals surface area contributed by atoms with Crippen molar-refractivity contribution < 1.29 is 27.8 Å². The van der Waals surface area contributed by atoms with Crippen LogP contribution < -0.4 is 10.5 Å². The lowest BCUT2D eigenvalue weighted by molar-refractivity contribution is -0.544. The molecule has 0 atom stereocenters. The molecule has 170 valence electrons. The van der Waals surface area contributed by atoms with Crippen LogP contribution in [0.3, 0.4) is 0 Å². The number of nitrogens with one attached hydrogen (secondary N) is 1. The number of nitro groups is 1. The van der Waals surface area contributed by atoms with Gasteiger partial charge in [-0.3, -0.25) is 4.79 Å². The molecule has 12 nitrogen and oxygen atoms in total. The highest BCUT2D eigenvalue weighted by Gasteiger charge is 2.28. The van der Waals surface area contributed by atoms with Crippen LogP contribution in [0, 0.1) is 10.1 Å². The molecule has 2 aromatic carbocycles. The topological polar surface area (TPSA) is 152 Å². The number of nitrogens with zero attached hydrogens (tertiary/aromatic N) is 4. The highest BCUT2D eigenvalue weighted by atomic mass is 35.5. The zero-order valence-corrected chi connectivity index (χ0v) is 18.6. The summed E-state index contributed by atoms with van der Waals surface area (Å²) in [6.07, 6.45) is 1.08. The van der Waals surface area contributed by atoms with Crippen LogP contribution >= 0.6 is 11.6 Å². The third kappa shape index (κ3) is 5.70. The molecule has 0 saturated carbocycles. The molecular weight excluding hydrogens is 466 g/mol. The van der Waals surface area contributed by atoms with Gasteiger partial charge in [0.1, 0.15) is 6.34 Å². The first-order valence-electron chi connectivity index (χ1n) is 8.67. The number of ether oxygens (including phenoxy) is 1. The minimum atomic E-state index is -4.10. The third-order valence-corrected chi connectivity index (χ3v) is 5.35. The Labute approximate surface area is 188 Å². The van der Waals surface area contributed by atoms with E-state index in [2.05, 4.69) is 9.13 Å². The number of halogens is 1. The molecule has 0 heterocycles. The van der Waals surface area contributed by atoms with Gasteiger partial charge in [0.2, 0.25) is 0 Å². The first-order chi connectivity index (χ1) is 15.0. The second-order valence-corrected chi connectivity index (χ2v) is 8.35. The molecule has 0 unspecified atom stereocenters. The molecule has 1 N–H and O–H groups in total. The monoisotopic (exact) mass is 483 g/mol. The summed E-state index contributed by atoms with van der Waals surface area (Å²) in [5.41, 5.74) is 1.13. The van der Waals surface area contributed by atoms with E-state index in [9.17, 15) is 28.1 Å². The molecule has 32 heavy (non-hydrogen) atoms. The van der Waals surface area contributed by atoms with Gasteiger partial charge in [-0.2, -0.15) is 13.4 Å². The molecule has 0 radical (unpaired) electrons. The zero-order chi connectivity index (χ0) is 24.1. The van der Waals surface area contributed by atoms with E-state index in [1.54, 1.807) is 19.6 Å². The van der Waals surface area contributed by atoms with Crippen molar-refractivity contribution in [1.29, 1.82) is 0 Å². The van der Waals surface area contributed by atoms with E-state index in [1.807, 2.05) is 0 Å². The quantitative estimate of drug-likeness (QED) is 0.194. The van der Waals surface area contributed by atoms with Crippen molar-refractivity contribution in [1.82, 2.24) is 10.4 Å². The molecule has 0 aliphatic rings. The number of anilines is 1. The SMILES string of the molecule is COC(=O)c1ccccc1N(N[N+](=O)[O-])C(=O)c1ccc(S(=O)(=O)/N=C/N(C)C)cc1Cl. The summed E-state index contributed by atoms with van der Waals surface area (Å²) >= 11 is 6.13. The molecule has 0 spiro atoms. The highest BCUT2D eigenvalue weighted by molar-refractivity contribution is 7.90. The summed E-state index contributed by atoms with van der Waals surface area (Å²) in [4.78, 5) is 37.4. The van der Waals surface area contributed by atoms with Gasteiger partial charge in [0, 0.05) is 14.1 Å². The van der Waals surface area contributed by atoms with Crippen molar-refractivity contribution in [3.8, 4) is 0 Å². The van der Waals surface area contributed by atoms with Crippen LogP contribution in [0.5, 0.6) is 0 Å². The largest absolute Gasteiger partial charge is 0.465 e. The smallest absolute Gasteiger partial charge is 0.340 e. The Bertz CT molecular complexity index is 1180. The third-order valence-electron chi connectivity index (χ3n) is 3.82. The highest BCUT2D eigenvalue weighted by Crippen LogP contribution is 2.27. The number of methoxy groups -OCH3 is 1. The van der Waals surface area contributed by atoms with Crippen molar-refractivity contribution in [2.45, 2.75) is 4.90 Å². The van der Waals surface area contributed by atoms with Crippen molar-refractivity contribution in [3.63, 3.8) is 0 Å². The number of esters is 1. The van der Waals surface area contributed by atoms with Gasteiger partial charge in [0.15, 0.2) is 5.03 Å². The van der Waals surface area contributed by atoms with E-state index >= 15 is 0 Å². The predicted molar refractivity (Wildman–Crippen MR) is 116 cm³/mol. The molecule has 0 aromatic heterocycles. The maximum atomic E-state index is 13.1. The summed E-state index contributed by atoms with van der Waals surface area (Å²) in [6.45, 7) is 0. The number of sulfonamides is 1. The molecule has 0 saturated heterocycles. The van der Waals surface area contributed by atoms with E-state index in [-0.39, 0.29) is 26.7 Å². The number of hydrogen-bond acceptors (Lipinski definition) is 7. The summed E-state index contributed by atoms with van der Waals surface area (Å²) in [5, 5.41) is 10.3. The fraction of sp³-hybridized carbons (Fsp3) is 0.167. The predicted octanol–water partition coefficient (Wildman–Crippen LogP) is 1.75. The molecule has 0 aliphatic heterocycles. The van der Waals surface area contributed by atoms with Gasteiger partial charge >= 0.3 is 5.97 Å². The summed E-state index contributed by atoms with van der Waals surface area (Å²) in [6, 6.07) is 8.67. The second kappa shape index (κ2) is 10.1. The molecule has 2 aromatic rings. The average molecular weight is 484 g/mol. The lowest BCUT2D eigenvalue weighted by Gasteiger charge is -2.21. The Hall–Kier alpha value is -3.71. The lowest BCUT2D eigenvalue weighted by Crippen LogP contribution is -2.47. The number of hydrogen-bond donors (Lipinski definition) is 1. The first-order valence-corrected chi connectivity index (χ1v) is 10.5. The maximum absolute atomic E-state index is 13.1. The molecule has 2 rings (SSSR count). The van der Waals surface area contributed by atoms with Gasteiger partial charge in [-0.1, -0.05) is 23.7 Å². The standard InChI is InChI=1S/C18H18ClN5O7S/c1-22(2)11-20-32(29,30)12-8-9-13(15(19)10-12)17(25)23(21-24(27)28)16-7-5-4-6-14(16)18(26)31-3/h4-11,21H,1-3H3/b20-11+. The van der Waals surface area contributed by atoms with Gasteiger partial charge in [0.05, 0.1) is 33.8 Å². The summed E-state index contributed by atoms with van der Waals surface area (Å²) in [5.74, 6) is -1.86. The lowest BCUT2D eigenvalue weighted by atomic mass is 10.1. The fourth-order valence-corrected chi connectivity index (χ4v) is 3.68. The van der Waals surface area contributed by atoms with Gasteiger partial charge < -0.3 is 9.64 Å². The molecule has 0 bridgehead atoms. The normalized spacial score (nSPS) is 11.1. The number of carbonyl (C=O) groups is 2. The van der Waals surface area contributed by atoms with Crippen molar-refractivity contribution in [2.24, 2.45) is 4.40 Å². The molecule has 1 amide bonds. The van der Waals surface area contributed by atoms with Gasteiger partial charge in [-0.05, 0) is 35.9 Å². The van der Waals surface area contributed by atoms with Crippen LogP contribution in [0.1, 0.15) is 20.7 Å². The average Bonchev–Trinajstić information content (AvgIpc) is 2.75. The van der Waals surface area contributed by atoms with E-state index < -0.39 is 26.9 Å². The number of rotatable bonds is 8. The van der Waals surface area contributed by atoms with Crippen molar-refractivity contribution >= 4 is 45.5 Å². The van der Waals surface area contributed by atoms with E-state index in [0.29, 0.717) is 5.01 Å². The van der Waals surface area contributed by atoms with Gasteiger partial charge in [0.25, 0.3) is 15.9 Å². The molecular formula is C18H18ClN5O7S. The van der Waals surface area contributed by atoms with E-state index in [1.165, 1.54) is 29.2 Å². The Kier molecular flexibility index (Phi) is 7.72. The Morgan fingerprint density at radius 3 is 2.41 bits per heavy atom. The summed E-state index contributed by atoms with van der Waals surface area (Å²) in [7, 11) is 0.173. The van der Waals surface area contributed by atoms with Crippen LogP contribution in [0.2, 0.25) is 5.02 Å². The zero-order valence-electron chi connectivity index (χ0n) is 17.1. The Morgan fingerprint density at radius 1 is 1.19 bits per heavy atom. The van der Waals surface area contributed by atoms with Crippen LogP contribution in [0.15, 0.2) is 51.8 Å². The van der Waals surface area contributed by atoms with Crippen LogP contribution in [-0.2, 0) is 14.8 Å². The minimum absolute atomic E-state index is 0.133. The number of para-hydroxylation sites is 1. The Balaban J connectivity index is 2.53. The molecule has 0 fully saturated rings. The van der Waals surface area contributed by atoms with Gasteiger partial charge in [-0.25, -0.2) is 14.9 Å². The summed E-state index contributed by atoms with van der Waals surface area (Å²) < 4.78 is 32.7. The Morgan fingerprint density at radius 2 is 1.84 bits per heavy atom. The first kappa shape index (κ1) is 24.6. The van der Waals surface area contributed by atoms with E-state index in [0.717, 1.165) is 31.6 Å². The maximum Gasteiger partial charge on any atom is 0.340 e. The fourth-order valence-electron chi connectivity index (χ4n) is 2.41.